The third-order valence-electron chi connectivity index (χ3n) is 3.00. The third kappa shape index (κ3) is 2.56. The van der Waals surface area contributed by atoms with E-state index in [1.54, 1.807) is 22.7 Å². The van der Waals surface area contributed by atoms with E-state index in [0.29, 0.717) is 5.88 Å². The first kappa shape index (κ1) is 12.1. The lowest BCUT2D eigenvalue weighted by Gasteiger charge is -2.26. The second kappa shape index (κ2) is 5.33. The van der Waals surface area contributed by atoms with Gasteiger partial charge in [-0.25, -0.2) is 0 Å². The number of nitrogens with zero attached hydrogens (tertiary/aromatic N) is 1. The minimum atomic E-state index is 0.0452. The third-order valence-corrected chi connectivity index (χ3v) is 4.05. The fourth-order valence-corrected chi connectivity index (χ4v) is 3.04. The molecule has 0 saturated heterocycles. The Kier molecular flexibility index (Phi) is 3.38. The van der Waals surface area contributed by atoms with Gasteiger partial charge in [-0.05, 0) is 17.7 Å². The highest BCUT2D eigenvalue weighted by Crippen LogP contribution is 2.33. The van der Waals surface area contributed by atoms with Gasteiger partial charge in [-0.15, -0.1) is 11.8 Å². The zero-order valence-electron chi connectivity index (χ0n) is 10.3. The molecule has 2 aromatic rings. The Labute approximate surface area is 116 Å². The van der Waals surface area contributed by atoms with Gasteiger partial charge in [-0.1, -0.05) is 48.5 Å². The molecule has 0 saturated carbocycles. The van der Waals surface area contributed by atoms with Crippen LogP contribution in [0.2, 0.25) is 0 Å². The number of hydrogen-bond acceptors (Lipinski definition) is 2. The summed E-state index contributed by atoms with van der Waals surface area (Å²) in [6.45, 7) is 0. The summed E-state index contributed by atoms with van der Waals surface area (Å²) in [6.07, 6.45) is 1.72. The predicted octanol–water partition coefficient (Wildman–Crippen LogP) is 3.77. The van der Waals surface area contributed by atoms with Gasteiger partial charge in [0.1, 0.15) is 0 Å². The van der Waals surface area contributed by atoms with Gasteiger partial charge in [0.2, 0.25) is 0 Å². The van der Waals surface area contributed by atoms with Gasteiger partial charge >= 0.3 is 0 Å². The highest BCUT2D eigenvalue weighted by Gasteiger charge is 2.20. The standard InChI is InChI=1S/C16H13NOS/c18-16-11-15(13-7-3-1-4-8-13)19-12-17(16)14-9-5-2-6-10-14/h1-11H,12H2. The lowest BCUT2D eigenvalue weighted by Crippen LogP contribution is -2.31. The normalized spacial score (nSPS) is 15.3. The van der Waals surface area contributed by atoms with Crippen molar-refractivity contribution < 1.29 is 4.79 Å². The summed E-state index contributed by atoms with van der Waals surface area (Å²) >= 11 is 1.69. The zero-order valence-corrected chi connectivity index (χ0v) is 11.1. The number of carbonyl (C=O) groups is 1. The Bertz CT molecular complexity index is 607. The summed E-state index contributed by atoms with van der Waals surface area (Å²) in [5.74, 6) is 0.702. The smallest absolute Gasteiger partial charge is 0.252 e. The number of carbonyl (C=O) groups excluding carboxylic acids is 1. The number of amides is 1. The average Bonchev–Trinajstić information content (AvgIpc) is 2.49. The maximum absolute atomic E-state index is 12.2. The summed E-state index contributed by atoms with van der Waals surface area (Å²) in [5, 5.41) is 0. The summed E-state index contributed by atoms with van der Waals surface area (Å²) in [5.41, 5.74) is 2.05. The molecule has 3 heteroatoms. The van der Waals surface area contributed by atoms with E-state index in [1.807, 2.05) is 60.7 Å². The number of thioether (sulfide) groups is 1. The van der Waals surface area contributed by atoms with Crippen molar-refractivity contribution in [2.75, 3.05) is 10.8 Å². The highest BCUT2D eigenvalue weighted by molar-refractivity contribution is 8.08. The zero-order chi connectivity index (χ0) is 13.1. The first-order valence-electron chi connectivity index (χ1n) is 6.11. The lowest BCUT2D eigenvalue weighted by atomic mass is 10.2. The Balaban J connectivity index is 1.86. The molecule has 2 aromatic carbocycles. The van der Waals surface area contributed by atoms with Crippen LogP contribution in [0.5, 0.6) is 0 Å². The molecule has 2 nitrogen and oxygen atoms in total. The summed E-state index contributed by atoms with van der Waals surface area (Å²) in [4.78, 5) is 15.0. The molecule has 1 heterocycles. The Morgan fingerprint density at radius 2 is 1.53 bits per heavy atom. The topological polar surface area (TPSA) is 20.3 Å². The fourth-order valence-electron chi connectivity index (χ4n) is 2.01. The Morgan fingerprint density at radius 3 is 2.16 bits per heavy atom. The first-order chi connectivity index (χ1) is 9.34. The van der Waals surface area contributed by atoms with E-state index in [0.717, 1.165) is 16.2 Å². The molecule has 0 N–H and O–H groups in total. The monoisotopic (exact) mass is 267 g/mol. The maximum atomic E-state index is 12.2. The Morgan fingerprint density at radius 1 is 0.895 bits per heavy atom. The van der Waals surface area contributed by atoms with E-state index in [2.05, 4.69) is 0 Å². The molecule has 0 unspecified atom stereocenters. The van der Waals surface area contributed by atoms with E-state index >= 15 is 0 Å². The maximum Gasteiger partial charge on any atom is 0.252 e. The largest absolute Gasteiger partial charge is 0.299 e. The van der Waals surface area contributed by atoms with Gasteiger partial charge in [-0.2, -0.15) is 0 Å². The van der Waals surface area contributed by atoms with Crippen molar-refractivity contribution in [1.82, 2.24) is 0 Å². The van der Waals surface area contributed by atoms with Crippen LogP contribution in [-0.2, 0) is 4.79 Å². The quantitative estimate of drug-likeness (QED) is 0.825. The molecular weight excluding hydrogens is 254 g/mol. The van der Waals surface area contributed by atoms with E-state index in [-0.39, 0.29) is 5.91 Å². The van der Waals surface area contributed by atoms with Gasteiger partial charge in [0.25, 0.3) is 5.91 Å². The van der Waals surface area contributed by atoms with Crippen molar-refractivity contribution in [3.8, 4) is 0 Å². The van der Waals surface area contributed by atoms with Gasteiger partial charge < -0.3 is 0 Å². The molecule has 0 spiro atoms. The molecular formula is C16H13NOS. The van der Waals surface area contributed by atoms with Crippen LogP contribution in [0, 0.1) is 0 Å². The van der Waals surface area contributed by atoms with Crippen LogP contribution >= 0.6 is 11.8 Å². The lowest BCUT2D eigenvalue weighted by molar-refractivity contribution is -0.114. The van der Waals surface area contributed by atoms with Crippen LogP contribution in [0.1, 0.15) is 5.56 Å². The highest BCUT2D eigenvalue weighted by atomic mass is 32.2. The summed E-state index contributed by atoms with van der Waals surface area (Å²) in [7, 11) is 0. The summed E-state index contributed by atoms with van der Waals surface area (Å²) in [6, 6.07) is 19.8. The van der Waals surface area contributed by atoms with E-state index in [1.165, 1.54) is 0 Å². The molecule has 0 aromatic heterocycles. The summed E-state index contributed by atoms with van der Waals surface area (Å²) < 4.78 is 0. The molecule has 0 atom stereocenters. The van der Waals surface area contributed by atoms with E-state index in [4.69, 9.17) is 0 Å². The number of anilines is 1. The predicted molar refractivity (Wildman–Crippen MR) is 80.8 cm³/mol. The molecule has 1 aliphatic rings. The van der Waals surface area contributed by atoms with Crippen molar-refractivity contribution in [3.05, 3.63) is 72.3 Å². The second-order valence-corrected chi connectivity index (χ2v) is 5.24. The van der Waals surface area contributed by atoms with Crippen molar-refractivity contribution in [3.63, 3.8) is 0 Å². The minimum absolute atomic E-state index is 0.0452. The Hall–Kier alpha value is -2.00. The average molecular weight is 267 g/mol. The number of benzene rings is 2. The SMILES string of the molecule is O=C1C=C(c2ccccc2)SCN1c1ccccc1. The van der Waals surface area contributed by atoms with Crippen molar-refractivity contribution in [1.29, 1.82) is 0 Å². The molecule has 19 heavy (non-hydrogen) atoms. The van der Waals surface area contributed by atoms with Gasteiger partial charge in [-0.3, -0.25) is 9.69 Å². The fraction of sp³-hybridized carbons (Fsp3) is 0.0625. The second-order valence-electron chi connectivity index (χ2n) is 4.25. The molecule has 0 radical (unpaired) electrons. The van der Waals surface area contributed by atoms with Crippen molar-refractivity contribution >= 4 is 28.3 Å². The molecule has 3 rings (SSSR count). The van der Waals surface area contributed by atoms with Crippen LogP contribution in [0.25, 0.3) is 4.91 Å². The number of para-hydroxylation sites is 1. The van der Waals surface area contributed by atoms with Crippen LogP contribution in [0.15, 0.2) is 66.7 Å². The van der Waals surface area contributed by atoms with Gasteiger partial charge in [0, 0.05) is 16.7 Å². The number of rotatable bonds is 2. The van der Waals surface area contributed by atoms with E-state index in [9.17, 15) is 4.79 Å². The van der Waals surface area contributed by atoms with Crippen LogP contribution in [0.4, 0.5) is 5.69 Å². The molecule has 0 bridgehead atoms. The molecule has 0 fully saturated rings. The van der Waals surface area contributed by atoms with E-state index < -0.39 is 0 Å². The molecule has 1 amide bonds. The number of hydrogen-bond donors (Lipinski definition) is 0. The van der Waals surface area contributed by atoms with Crippen molar-refractivity contribution in [2.24, 2.45) is 0 Å². The molecule has 94 valence electrons. The van der Waals surface area contributed by atoms with Gasteiger partial charge in [0.15, 0.2) is 0 Å². The van der Waals surface area contributed by atoms with Crippen LogP contribution in [-0.4, -0.2) is 11.8 Å². The minimum Gasteiger partial charge on any atom is -0.299 e. The van der Waals surface area contributed by atoms with Crippen molar-refractivity contribution in [2.45, 2.75) is 0 Å². The molecule has 0 aliphatic carbocycles. The van der Waals surface area contributed by atoms with Gasteiger partial charge in [0.05, 0.1) is 5.88 Å². The van der Waals surface area contributed by atoms with Crippen LogP contribution in [0.3, 0.4) is 0 Å². The first-order valence-corrected chi connectivity index (χ1v) is 7.09. The van der Waals surface area contributed by atoms with Crippen LogP contribution < -0.4 is 4.90 Å². The molecule has 1 aliphatic heterocycles.